The summed E-state index contributed by atoms with van der Waals surface area (Å²) in [5.74, 6) is 0.507. The molecule has 1 aromatic heterocycles. The van der Waals surface area contributed by atoms with Gasteiger partial charge in [0.1, 0.15) is 16.4 Å². The number of hydrogen-bond acceptors (Lipinski definition) is 6. The first-order valence-electron chi connectivity index (χ1n) is 9.31. The minimum absolute atomic E-state index is 0.321. The normalized spacial score (nSPS) is 14.0. The molecule has 0 bridgehead atoms. The maximum Gasteiger partial charge on any atom is 0.348 e. The maximum atomic E-state index is 12.3. The van der Waals surface area contributed by atoms with Crippen molar-refractivity contribution < 1.29 is 23.8 Å². The second-order valence-electron chi connectivity index (χ2n) is 6.74. The summed E-state index contributed by atoms with van der Waals surface area (Å²) in [5, 5.41) is 2.83. The van der Waals surface area contributed by atoms with Gasteiger partial charge in [-0.25, -0.2) is 4.79 Å². The van der Waals surface area contributed by atoms with Crippen molar-refractivity contribution in [3.8, 4) is 11.5 Å². The van der Waals surface area contributed by atoms with Gasteiger partial charge < -0.3 is 19.5 Å². The first-order chi connectivity index (χ1) is 13.5. The number of thiophene rings is 1. The van der Waals surface area contributed by atoms with Crippen LogP contribution in [0.3, 0.4) is 0 Å². The molecule has 1 heterocycles. The van der Waals surface area contributed by atoms with Crippen LogP contribution in [0.4, 0.5) is 0 Å². The Morgan fingerprint density at radius 2 is 1.93 bits per heavy atom. The largest absolute Gasteiger partial charge is 0.497 e. The number of rotatable bonds is 7. The Morgan fingerprint density at radius 1 is 1.14 bits per heavy atom. The van der Waals surface area contributed by atoms with Gasteiger partial charge in [-0.2, -0.15) is 0 Å². The van der Waals surface area contributed by atoms with E-state index in [9.17, 15) is 9.59 Å². The van der Waals surface area contributed by atoms with Gasteiger partial charge in [0.05, 0.1) is 20.3 Å². The second-order valence-corrected chi connectivity index (χ2v) is 7.88. The number of benzene rings is 1. The van der Waals surface area contributed by atoms with E-state index in [4.69, 9.17) is 14.2 Å². The molecule has 28 heavy (non-hydrogen) atoms. The van der Waals surface area contributed by atoms with Gasteiger partial charge >= 0.3 is 5.97 Å². The van der Waals surface area contributed by atoms with E-state index in [1.165, 1.54) is 21.8 Å². The minimum Gasteiger partial charge on any atom is -0.497 e. The van der Waals surface area contributed by atoms with Gasteiger partial charge in [0, 0.05) is 10.4 Å². The number of ether oxygens (including phenoxy) is 3. The van der Waals surface area contributed by atoms with Crippen molar-refractivity contribution >= 4 is 23.2 Å². The summed E-state index contributed by atoms with van der Waals surface area (Å²) < 4.78 is 15.8. The van der Waals surface area contributed by atoms with Crippen LogP contribution in [-0.4, -0.2) is 32.7 Å². The lowest BCUT2D eigenvalue weighted by atomic mass is 9.99. The topological polar surface area (TPSA) is 73.9 Å². The van der Waals surface area contributed by atoms with E-state index in [1.54, 1.807) is 26.4 Å². The van der Waals surface area contributed by atoms with Crippen molar-refractivity contribution in [2.75, 3.05) is 20.8 Å². The number of amides is 1. The van der Waals surface area contributed by atoms with Crippen molar-refractivity contribution in [1.82, 2.24) is 5.32 Å². The van der Waals surface area contributed by atoms with Gasteiger partial charge in [-0.15, -0.1) is 11.3 Å². The third kappa shape index (κ3) is 4.65. The zero-order valence-corrected chi connectivity index (χ0v) is 17.2. The highest BCUT2D eigenvalue weighted by molar-refractivity contribution is 7.14. The molecule has 1 amide bonds. The first-order valence-corrected chi connectivity index (χ1v) is 10.1. The molecule has 0 saturated carbocycles. The molecule has 1 aliphatic rings. The molecule has 1 unspecified atom stereocenters. The number of fused-ring (bicyclic) bond motifs is 1. The maximum absolute atomic E-state index is 12.3. The minimum atomic E-state index is -0.443. The van der Waals surface area contributed by atoms with Gasteiger partial charge in [0.25, 0.3) is 5.91 Å². The highest BCUT2D eigenvalue weighted by Crippen LogP contribution is 2.30. The van der Waals surface area contributed by atoms with Crippen molar-refractivity contribution in [3.05, 3.63) is 45.1 Å². The number of methoxy groups -OCH3 is 2. The van der Waals surface area contributed by atoms with Crippen LogP contribution in [0.2, 0.25) is 0 Å². The summed E-state index contributed by atoms with van der Waals surface area (Å²) in [6.07, 6.45) is 4.36. The monoisotopic (exact) mass is 403 g/mol. The number of hydrogen-bond donors (Lipinski definition) is 1. The molecule has 6 nitrogen and oxygen atoms in total. The molecule has 1 N–H and O–H groups in total. The third-order valence-electron chi connectivity index (χ3n) is 4.81. The van der Waals surface area contributed by atoms with E-state index in [0.717, 1.165) is 31.2 Å². The van der Waals surface area contributed by atoms with Gasteiger partial charge in [0.15, 0.2) is 6.61 Å². The van der Waals surface area contributed by atoms with Crippen molar-refractivity contribution in [2.24, 2.45) is 0 Å². The Kier molecular flexibility index (Phi) is 6.57. The summed E-state index contributed by atoms with van der Waals surface area (Å²) in [4.78, 5) is 26.4. The van der Waals surface area contributed by atoms with E-state index in [2.05, 4.69) is 5.32 Å². The number of carbonyl (C=O) groups excluding carboxylic acids is 2. The Bertz CT molecular complexity index is 837. The first kappa shape index (κ1) is 20.2. The van der Waals surface area contributed by atoms with Crippen LogP contribution in [0.25, 0.3) is 0 Å². The van der Waals surface area contributed by atoms with Crippen LogP contribution < -0.4 is 14.8 Å². The van der Waals surface area contributed by atoms with Crippen LogP contribution in [0.15, 0.2) is 24.3 Å². The summed E-state index contributed by atoms with van der Waals surface area (Å²) in [6, 6.07) is 6.97. The fourth-order valence-electron chi connectivity index (χ4n) is 3.33. The fourth-order valence-corrected chi connectivity index (χ4v) is 4.48. The van der Waals surface area contributed by atoms with Gasteiger partial charge in [0.2, 0.25) is 0 Å². The molecular weight excluding hydrogens is 378 g/mol. The number of esters is 1. The average Bonchev–Trinajstić information content (AvgIpc) is 3.15. The van der Waals surface area contributed by atoms with Crippen molar-refractivity contribution in [2.45, 2.75) is 38.6 Å². The van der Waals surface area contributed by atoms with Gasteiger partial charge in [-0.3, -0.25) is 4.79 Å². The van der Waals surface area contributed by atoms with Crippen molar-refractivity contribution in [3.63, 3.8) is 0 Å². The van der Waals surface area contributed by atoms with Crippen LogP contribution in [0, 0.1) is 0 Å². The highest BCUT2D eigenvalue weighted by atomic mass is 32.1. The molecule has 2 aromatic rings. The van der Waals surface area contributed by atoms with E-state index in [0.29, 0.717) is 16.4 Å². The van der Waals surface area contributed by atoms with Crippen LogP contribution in [-0.2, 0) is 22.4 Å². The molecule has 1 aromatic carbocycles. The van der Waals surface area contributed by atoms with Crippen LogP contribution in [0.5, 0.6) is 11.5 Å². The molecule has 3 rings (SSSR count). The van der Waals surface area contributed by atoms with Crippen LogP contribution >= 0.6 is 11.3 Å². The Labute approximate surface area is 168 Å². The molecule has 0 saturated heterocycles. The molecule has 1 atom stereocenters. The average molecular weight is 404 g/mol. The van der Waals surface area contributed by atoms with Gasteiger partial charge in [-0.1, -0.05) is 0 Å². The SMILES string of the molecule is COc1ccc(OC)c(C(C)NC(=O)COC(=O)c2cc3c(s2)CCCC3)c1. The Morgan fingerprint density at radius 3 is 2.64 bits per heavy atom. The molecule has 0 radical (unpaired) electrons. The zero-order chi connectivity index (χ0) is 20.1. The lowest BCUT2D eigenvalue weighted by Gasteiger charge is -2.18. The van der Waals surface area contributed by atoms with E-state index < -0.39 is 5.97 Å². The predicted octanol–water partition coefficient (Wildman–Crippen LogP) is 3.68. The van der Waals surface area contributed by atoms with Gasteiger partial charge in [-0.05, 0) is 62.4 Å². The van der Waals surface area contributed by atoms with Crippen molar-refractivity contribution in [1.29, 1.82) is 0 Å². The lowest BCUT2D eigenvalue weighted by Crippen LogP contribution is -2.31. The molecule has 1 aliphatic carbocycles. The molecule has 0 aliphatic heterocycles. The molecule has 7 heteroatoms. The number of nitrogens with one attached hydrogen (secondary N) is 1. The Balaban J connectivity index is 1.56. The van der Waals surface area contributed by atoms with Crippen LogP contribution in [0.1, 0.15) is 51.5 Å². The second kappa shape index (κ2) is 9.10. The summed E-state index contributed by atoms with van der Waals surface area (Å²) in [5.41, 5.74) is 2.03. The quantitative estimate of drug-likeness (QED) is 0.714. The molecular formula is C21H25NO5S. The lowest BCUT2D eigenvalue weighted by molar-refractivity contribution is -0.124. The zero-order valence-electron chi connectivity index (χ0n) is 16.4. The molecule has 0 spiro atoms. The number of aryl methyl sites for hydroxylation is 2. The molecule has 150 valence electrons. The van der Waals surface area contributed by atoms with E-state index in [1.807, 2.05) is 19.1 Å². The summed E-state index contributed by atoms with van der Waals surface area (Å²) in [7, 11) is 3.15. The van der Waals surface area contributed by atoms with E-state index in [-0.39, 0.29) is 18.6 Å². The number of carbonyl (C=O) groups is 2. The predicted molar refractivity (Wildman–Crippen MR) is 107 cm³/mol. The Hall–Kier alpha value is -2.54. The fraction of sp³-hybridized carbons (Fsp3) is 0.429. The highest BCUT2D eigenvalue weighted by Gasteiger charge is 2.20. The summed E-state index contributed by atoms with van der Waals surface area (Å²) in [6.45, 7) is 1.52. The van der Waals surface area contributed by atoms with E-state index >= 15 is 0 Å². The summed E-state index contributed by atoms with van der Waals surface area (Å²) >= 11 is 1.48. The smallest absolute Gasteiger partial charge is 0.348 e. The third-order valence-corrected chi connectivity index (χ3v) is 6.03. The standard InChI is InChI=1S/C21H25NO5S/c1-13(16-11-15(25-2)8-9-17(16)26-3)22-20(23)12-27-21(24)19-10-14-6-4-5-7-18(14)28-19/h8-11,13H,4-7,12H2,1-3H3,(H,22,23). The molecule has 0 fully saturated rings.